The van der Waals surface area contributed by atoms with Gasteiger partial charge in [-0.2, -0.15) is 0 Å². The van der Waals surface area contributed by atoms with Crippen LogP contribution in [0.15, 0.2) is 12.2 Å². The Balaban J connectivity index is 1.41. The number of hydrogen-bond acceptors (Lipinski definition) is 6. The van der Waals surface area contributed by atoms with Crippen molar-refractivity contribution in [2.75, 3.05) is 19.8 Å². The molecule has 5 aliphatic rings. The molecule has 4 bridgehead atoms. The summed E-state index contributed by atoms with van der Waals surface area (Å²) in [6, 6.07) is 0. The van der Waals surface area contributed by atoms with E-state index in [0.717, 1.165) is 19.3 Å². The van der Waals surface area contributed by atoms with E-state index in [4.69, 9.17) is 14.2 Å². The topological polar surface area (TPSA) is 84.9 Å². The first-order valence-corrected chi connectivity index (χ1v) is 9.16. The Kier molecular flexibility index (Phi) is 3.96. The van der Waals surface area contributed by atoms with Crippen LogP contribution in [0.5, 0.6) is 0 Å². The fourth-order valence-electron chi connectivity index (χ4n) is 5.65. The summed E-state index contributed by atoms with van der Waals surface area (Å²) < 4.78 is 17.6. The molecule has 1 saturated heterocycles. The Morgan fingerprint density at radius 2 is 1.76 bits per heavy atom. The molecule has 25 heavy (non-hydrogen) atoms. The van der Waals surface area contributed by atoms with E-state index in [1.165, 1.54) is 0 Å². The van der Waals surface area contributed by atoms with Crippen molar-refractivity contribution in [1.82, 2.24) is 0 Å². The van der Waals surface area contributed by atoms with E-state index in [1.807, 2.05) is 0 Å². The van der Waals surface area contributed by atoms with Crippen LogP contribution in [0.4, 0.5) is 0 Å². The number of aliphatic carboxylic acids is 1. The molecule has 6 heteroatoms. The second-order valence-corrected chi connectivity index (χ2v) is 8.50. The molecule has 1 heterocycles. The van der Waals surface area contributed by atoms with Gasteiger partial charge in [0, 0.05) is 34.7 Å². The number of rotatable bonds is 4. The molecule has 0 radical (unpaired) electrons. The minimum absolute atomic E-state index is 0.00112. The first-order chi connectivity index (χ1) is 11.8. The Morgan fingerprint density at radius 1 is 1.16 bits per heavy atom. The van der Waals surface area contributed by atoms with Crippen LogP contribution in [-0.2, 0) is 23.8 Å². The third kappa shape index (κ3) is 2.61. The molecule has 2 unspecified atom stereocenters. The lowest BCUT2D eigenvalue weighted by molar-refractivity contribution is -0.386. The van der Waals surface area contributed by atoms with Crippen LogP contribution in [0.2, 0.25) is 0 Å². The lowest BCUT2D eigenvalue weighted by Gasteiger charge is -2.65. The van der Waals surface area contributed by atoms with Crippen LogP contribution >= 0.6 is 0 Å². The highest BCUT2D eigenvalue weighted by molar-refractivity contribution is 5.86. The van der Waals surface area contributed by atoms with E-state index >= 15 is 0 Å². The number of carbonyl (C=O) groups is 2. The Bertz CT molecular complexity index is 585. The van der Waals surface area contributed by atoms with Crippen LogP contribution in [-0.4, -0.2) is 37.5 Å². The monoisotopic (exact) mass is 349 g/mol. The molecule has 1 aliphatic heterocycles. The first kappa shape index (κ1) is 17.0. The smallest absolute Gasteiger partial charge is 0.333 e. The summed E-state index contributed by atoms with van der Waals surface area (Å²) in [5.74, 6) is -1.26. The molecular formula is C19H25O6-. The van der Waals surface area contributed by atoms with Gasteiger partial charge in [0.25, 0.3) is 0 Å². The summed E-state index contributed by atoms with van der Waals surface area (Å²) in [4.78, 5) is 23.2. The van der Waals surface area contributed by atoms with Gasteiger partial charge in [0.1, 0.15) is 0 Å². The molecule has 5 rings (SSSR count). The van der Waals surface area contributed by atoms with Crippen LogP contribution < -0.4 is 5.11 Å². The maximum atomic E-state index is 11.7. The normalized spacial score (nSPS) is 44.7. The third-order valence-corrected chi connectivity index (χ3v) is 6.65. The van der Waals surface area contributed by atoms with Gasteiger partial charge < -0.3 is 24.1 Å². The lowest BCUT2D eigenvalue weighted by atomic mass is 9.47. The van der Waals surface area contributed by atoms with Crippen molar-refractivity contribution < 1.29 is 28.9 Å². The minimum Gasteiger partial charge on any atom is -0.550 e. The molecule has 4 aliphatic carbocycles. The number of esters is 1. The zero-order valence-corrected chi connectivity index (χ0v) is 14.6. The highest BCUT2D eigenvalue weighted by atomic mass is 16.7. The predicted octanol–water partition coefficient (Wildman–Crippen LogP) is 1.04. The molecule has 2 atom stereocenters. The summed E-state index contributed by atoms with van der Waals surface area (Å²) in [5, 5.41) is 11.7. The number of ether oxygens (including phenoxy) is 3. The van der Waals surface area contributed by atoms with Gasteiger partial charge in [-0.05, 0) is 44.9 Å². The summed E-state index contributed by atoms with van der Waals surface area (Å²) in [5.41, 5.74) is -0.301. The summed E-state index contributed by atoms with van der Waals surface area (Å²) in [6.07, 6.45) is 3.88. The van der Waals surface area contributed by atoms with Crippen molar-refractivity contribution in [3.05, 3.63) is 12.2 Å². The van der Waals surface area contributed by atoms with Crippen LogP contribution in [0, 0.1) is 29.1 Å². The Hall–Kier alpha value is -1.40. The molecule has 0 amide bonds. The number of carboxylic acid groups (broad SMARTS) is 1. The van der Waals surface area contributed by atoms with Crippen LogP contribution in [0.3, 0.4) is 0 Å². The zero-order valence-electron chi connectivity index (χ0n) is 14.6. The lowest BCUT2D eigenvalue weighted by Crippen LogP contribution is -2.68. The first-order valence-electron chi connectivity index (χ1n) is 9.16. The van der Waals surface area contributed by atoms with Gasteiger partial charge in [0.2, 0.25) is 0 Å². The Labute approximate surface area is 147 Å². The van der Waals surface area contributed by atoms with Crippen molar-refractivity contribution in [2.45, 2.75) is 44.8 Å². The third-order valence-electron chi connectivity index (χ3n) is 6.65. The van der Waals surface area contributed by atoms with Gasteiger partial charge in [-0.3, -0.25) is 0 Å². The van der Waals surface area contributed by atoms with Crippen LogP contribution in [0.1, 0.15) is 39.0 Å². The van der Waals surface area contributed by atoms with Crippen molar-refractivity contribution in [3.8, 4) is 0 Å². The molecule has 0 aromatic carbocycles. The molecule has 5 fully saturated rings. The second kappa shape index (κ2) is 5.81. The molecule has 0 aromatic rings. The highest BCUT2D eigenvalue weighted by Crippen LogP contribution is 2.65. The average molecular weight is 349 g/mol. The molecule has 138 valence electrons. The van der Waals surface area contributed by atoms with Gasteiger partial charge in [0.05, 0.1) is 19.8 Å². The molecule has 1 spiro atoms. The quantitative estimate of drug-likeness (QED) is 0.557. The van der Waals surface area contributed by atoms with Gasteiger partial charge >= 0.3 is 5.97 Å². The maximum absolute atomic E-state index is 11.7. The number of carboxylic acids is 1. The number of hydrogen-bond donors (Lipinski definition) is 0. The van der Waals surface area contributed by atoms with Crippen molar-refractivity contribution in [3.63, 3.8) is 0 Å². The SMILES string of the molecule is C=C(C)C(=O)OCC1COC2(OC1)C1CC3CC2CC(C(=O)[O-])(C3)C1. The van der Waals surface area contributed by atoms with E-state index in [0.29, 0.717) is 37.5 Å². The standard InChI is InChI=1S/C19H26O6/c1-11(2)16(20)23-8-13-9-24-19(25-10-13)14-3-12-4-15(19)7-18(5-12,6-14)17(21)22/h12-15H,1,3-10H2,2H3,(H,21,22)/p-1. The molecule has 4 saturated carbocycles. The van der Waals surface area contributed by atoms with E-state index in [9.17, 15) is 14.7 Å². The minimum atomic E-state index is -0.901. The van der Waals surface area contributed by atoms with E-state index in [2.05, 4.69) is 6.58 Å². The van der Waals surface area contributed by atoms with E-state index in [1.54, 1.807) is 6.92 Å². The van der Waals surface area contributed by atoms with Gasteiger partial charge in [-0.25, -0.2) is 4.79 Å². The maximum Gasteiger partial charge on any atom is 0.333 e. The number of carbonyl (C=O) groups excluding carboxylic acids is 2. The largest absolute Gasteiger partial charge is 0.550 e. The molecule has 6 nitrogen and oxygen atoms in total. The summed E-state index contributed by atoms with van der Waals surface area (Å²) >= 11 is 0. The fraction of sp³-hybridized carbons (Fsp3) is 0.789. The van der Waals surface area contributed by atoms with Crippen molar-refractivity contribution >= 4 is 11.9 Å². The predicted molar refractivity (Wildman–Crippen MR) is 84.9 cm³/mol. The summed E-state index contributed by atoms with van der Waals surface area (Å²) in [7, 11) is 0. The zero-order chi connectivity index (χ0) is 17.8. The van der Waals surface area contributed by atoms with Crippen molar-refractivity contribution in [1.29, 1.82) is 0 Å². The molecule has 0 aromatic heterocycles. The van der Waals surface area contributed by atoms with Gasteiger partial charge in [0.15, 0.2) is 5.79 Å². The summed E-state index contributed by atoms with van der Waals surface area (Å²) in [6.45, 7) is 6.38. The molecular weight excluding hydrogens is 324 g/mol. The second-order valence-electron chi connectivity index (χ2n) is 8.50. The van der Waals surface area contributed by atoms with Crippen molar-refractivity contribution in [2.24, 2.45) is 29.1 Å². The Morgan fingerprint density at radius 3 is 2.28 bits per heavy atom. The van der Waals surface area contributed by atoms with E-state index in [-0.39, 0.29) is 24.4 Å². The average Bonchev–Trinajstić information content (AvgIpc) is 2.57. The van der Waals surface area contributed by atoms with Gasteiger partial charge in [-0.1, -0.05) is 6.58 Å². The highest BCUT2D eigenvalue weighted by Gasteiger charge is 2.65. The van der Waals surface area contributed by atoms with Crippen LogP contribution in [0.25, 0.3) is 0 Å². The van der Waals surface area contributed by atoms with Gasteiger partial charge in [-0.15, -0.1) is 0 Å². The van der Waals surface area contributed by atoms with E-state index < -0.39 is 23.1 Å². The molecule has 0 N–H and O–H groups in total. The fourth-order valence-corrected chi connectivity index (χ4v) is 5.65.